The van der Waals surface area contributed by atoms with Crippen molar-refractivity contribution in [2.24, 2.45) is 0 Å². The number of carbonyl (C=O) groups excluding carboxylic acids is 2. The Balaban J connectivity index is 1.51. The van der Waals surface area contributed by atoms with Crippen molar-refractivity contribution < 1.29 is 18.4 Å². The molecule has 5 nitrogen and oxygen atoms in total. The van der Waals surface area contributed by atoms with Gasteiger partial charge in [0, 0.05) is 36.4 Å². The Morgan fingerprint density at radius 3 is 2.52 bits per heavy atom. The normalized spacial score (nSPS) is 10.6. The zero-order valence-electron chi connectivity index (χ0n) is 15.3. The molecule has 0 spiro atoms. The van der Waals surface area contributed by atoms with Crippen LogP contribution in [0.15, 0.2) is 60.9 Å². The zero-order valence-corrected chi connectivity index (χ0v) is 16.0. The fourth-order valence-electron chi connectivity index (χ4n) is 2.75. The van der Waals surface area contributed by atoms with Crippen LogP contribution >= 0.6 is 11.6 Å². The van der Waals surface area contributed by atoms with Gasteiger partial charge in [-0.2, -0.15) is 0 Å². The molecule has 2 amide bonds. The summed E-state index contributed by atoms with van der Waals surface area (Å²) >= 11 is 6.06. The number of rotatable bonds is 7. The molecule has 2 N–H and O–H groups in total. The quantitative estimate of drug-likeness (QED) is 0.554. The van der Waals surface area contributed by atoms with Gasteiger partial charge in [-0.3, -0.25) is 9.59 Å². The number of nitrogens with zero attached hydrogens (tertiary/aromatic N) is 1. The van der Waals surface area contributed by atoms with Crippen LogP contribution in [0.4, 0.5) is 14.5 Å². The lowest BCUT2D eigenvalue weighted by Gasteiger charge is -2.13. The van der Waals surface area contributed by atoms with Gasteiger partial charge in [-0.1, -0.05) is 11.6 Å². The molecule has 0 bridgehead atoms. The van der Waals surface area contributed by atoms with Crippen LogP contribution in [0.2, 0.25) is 5.02 Å². The molecule has 0 fully saturated rings. The van der Waals surface area contributed by atoms with Gasteiger partial charge < -0.3 is 15.2 Å². The molecular weight excluding hydrogens is 400 g/mol. The summed E-state index contributed by atoms with van der Waals surface area (Å²) < 4.78 is 28.3. The molecule has 150 valence electrons. The van der Waals surface area contributed by atoms with Crippen LogP contribution in [0.3, 0.4) is 0 Å². The van der Waals surface area contributed by atoms with Gasteiger partial charge in [-0.05, 0) is 48.9 Å². The fraction of sp³-hybridized carbons (Fsp3) is 0.143. The van der Waals surface area contributed by atoms with Gasteiger partial charge in [-0.25, -0.2) is 8.78 Å². The molecule has 1 heterocycles. The Morgan fingerprint density at radius 1 is 1.03 bits per heavy atom. The SMILES string of the molecule is O=C(CCCNC(=O)c1ccc(F)cc1F)Nc1ccc(Cl)cc1-n1cccc1. The predicted molar refractivity (Wildman–Crippen MR) is 107 cm³/mol. The summed E-state index contributed by atoms with van der Waals surface area (Å²) in [5, 5.41) is 5.89. The van der Waals surface area contributed by atoms with Gasteiger partial charge in [0.05, 0.1) is 16.9 Å². The molecule has 0 aliphatic rings. The number of aromatic nitrogens is 1. The Bertz CT molecular complexity index is 1020. The van der Waals surface area contributed by atoms with Crippen molar-refractivity contribution in [1.29, 1.82) is 0 Å². The Labute approximate surface area is 171 Å². The Morgan fingerprint density at radius 2 is 1.79 bits per heavy atom. The highest BCUT2D eigenvalue weighted by molar-refractivity contribution is 6.30. The minimum absolute atomic E-state index is 0.153. The highest BCUT2D eigenvalue weighted by atomic mass is 35.5. The molecule has 0 aliphatic heterocycles. The number of hydrogen-bond donors (Lipinski definition) is 2. The summed E-state index contributed by atoms with van der Waals surface area (Å²) in [5.41, 5.74) is 1.09. The standard InChI is InChI=1S/C21H18ClF2N3O2/c22-14-5-8-18(19(12-14)27-10-1-2-11-27)26-20(28)4-3-9-25-21(29)16-7-6-15(23)13-17(16)24/h1-2,5-8,10-13H,3-4,9H2,(H,25,29)(H,26,28). The number of benzene rings is 2. The maximum atomic E-state index is 13.6. The molecular formula is C21H18ClF2N3O2. The third-order valence-electron chi connectivity index (χ3n) is 4.16. The summed E-state index contributed by atoms with van der Waals surface area (Å²) in [4.78, 5) is 24.2. The minimum atomic E-state index is -0.930. The van der Waals surface area contributed by atoms with E-state index in [0.29, 0.717) is 23.2 Å². The summed E-state index contributed by atoms with van der Waals surface area (Å²) in [6.45, 7) is 0.175. The van der Waals surface area contributed by atoms with E-state index in [0.717, 1.165) is 17.8 Å². The number of nitrogens with one attached hydrogen (secondary N) is 2. The lowest BCUT2D eigenvalue weighted by Crippen LogP contribution is -2.26. The maximum Gasteiger partial charge on any atom is 0.254 e. The predicted octanol–water partition coefficient (Wildman–Crippen LogP) is 4.56. The molecule has 3 aromatic rings. The van der Waals surface area contributed by atoms with Crippen LogP contribution in [0.1, 0.15) is 23.2 Å². The van der Waals surface area contributed by atoms with Gasteiger partial charge in [0.1, 0.15) is 11.6 Å². The zero-order chi connectivity index (χ0) is 20.8. The van der Waals surface area contributed by atoms with Crippen LogP contribution in [0.5, 0.6) is 0 Å². The number of halogens is 3. The molecule has 0 unspecified atom stereocenters. The average Bonchev–Trinajstić information content (AvgIpc) is 3.21. The van der Waals surface area contributed by atoms with E-state index >= 15 is 0 Å². The van der Waals surface area contributed by atoms with Crippen molar-refractivity contribution in [2.75, 3.05) is 11.9 Å². The van der Waals surface area contributed by atoms with Crippen LogP contribution < -0.4 is 10.6 Å². The molecule has 0 saturated heterocycles. The van der Waals surface area contributed by atoms with Crippen molar-refractivity contribution in [3.8, 4) is 5.69 Å². The second-order valence-electron chi connectivity index (χ2n) is 6.28. The number of amides is 2. The summed E-state index contributed by atoms with van der Waals surface area (Å²) in [5.74, 6) is -2.57. The Hall–Kier alpha value is -3.19. The lowest BCUT2D eigenvalue weighted by molar-refractivity contribution is -0.116. The van der Waals surface area contributed by atoms with Crippen LogP contribution in [-0.4, -0.2) is 22.9 Å². The second-order valence-corrected chi connectivity index (χ2v) is 6.72. The van der Waals surface area contributed by atoms with Crippen molar-refractivity contribution in [2.45, 2.75) is 12.8 Å². The average molecular weight is 418 g/mol. The first kappa shape index (κ1) is 20.5. The van der Waals surface area contributed by atoms with Gasteiger partial charge in [0.15, 0.2) is 0 Å². The number of carbonyl (C=O) groups is 2. The van der Waals surface area contributed by atoms with Gasteiger partial charge in [0.2, 0.25) is 5.91 Å². The van der Waals surface area contributed by atoms with Gasteiger partial charge in [-0.15, -0.1) is 0 Å². The van der Waals surface area contributed by atoms with E-state index in [9.17, 15) is 18.4 Å². The highest BCUT2D eigenvalue weighted by Gasteiger charge is 2.13. The first-order valence-electron chi connectivity index (χ1n) is 8.90. The van der Waals surface area contributed by atoms with Gasteiger partial charge in [0.25, 0.3) is 5.91 Å². The topological polar surface area (TPSA) is 63.1 Å². The fourth-order valence-corrected chi connectivity index (χ4v) is 2.92. The van der Waals surface area contributed by atoms with E-state index in [2.05, 4.69) is 10.6 Å². The van der Waals surface area contributed by atoms with E-state index in [-0.39, 0.29) is 24.4 Å². The van der Waals surface area contributed by atoms with E-state index in [4.69, 9.17) is 11.6 Å². The first-order chi connectivity index (χ1) is 13.9. The third kappa shape index (κ3) is 5.42. The van der Waals surface area contributed by atoms with E-state index < -0.39 is 17.5 Å². The molecule has 0 aliphatic carbocycles. The second kappa shape index (κ2) is 9.34. The summed E-state index contributed by atoms with van der Waals surface area (Å²) in [6.07, 6.45) is 4.18. The van der Waals surface area contributed by atoms with Crippen molar-refractivity contribution >= 4 is 29.1 Å². The van der Waals surface area contributed by atoms with Crippen LogP contribution in [0.25, 0.3) is 5.69 Å². The summed E-state index contributed by atoms with van der Waals surface area (Å²) in [6, 6.07) is 11.6. The molecule has 0 saturated carbocycles. The highest BCUT2D eigenvalue weighted by Crippen LogP contribution is 2.25. The van der Waals surface area contributed by atoms with E-state index in [1.807, 2.05) is 29.1 Å². The summed E-state index contributed by atoms with van der Waals surface area (Å²) in [7, 11) is 0. The molecule has 2 aromatic carbocycles. The molecule has 29 heavy (non-hydrogen) atoms. The van der Waals surface area contributed by atoms with E-state index in [1.165, 1.54) is 0 Å². The maximum absolute atomic E-state index is 13.6. The molecule has 1 aromatic heterocycles. The van der Waals surface area contributed by atoms with Crippen molar-refractivity contribution in [3.63, 3.8) is 0 Å². The van der Waals surface area contributed by atoms with Crippen molar-refractivity contribution in [1.82, 2.24) is 9.88 Å². The molecule has 3 rings (SSSR count). The largest absolute Gasteiger partial charge is 0.352 e. The van der Waals surface area contributed by atoms with E-state index in [1.54, 1.807) is 18.2 Å². The van der Waals surface area contributed by atoms with Crippen LogP contribution in [0, 0.1) is 11.6 Å². The van der Waals surface area contributed by atoms with Gasteiger partial charge >= 0.3 is 0 Å². The molecule has 8 heteroatoms. The van der Waals surface area contributed by atoms with Crippen molar-refractivity contribution in [3.05, 3.63) is 83.1 Å². The number of hydrogen-bond acceptors (Lipinski definition) is 2. The monoisotopic (exact) mass is 417 g/mol. The first-order valence-corrected chi connectivity index (χ1v) is 9.28. The lowest BCUT2D eigenvalue weighted by atomic mass is 10.2. The minimum Gasteiger partial charge on any atom is -0.352 e. The molecule has 0 radical (unpaired) electrons. The molecule has 0 atom stereocenters. The third-order valence-corrected chi connectivity index (χ3v) is 4.39. The smallest absolute Gasteiger partial charge is 0.254 e. The van der Waals surface area contributed by atoms with Crippen LogP contribution in [-0.2, 0) is 4.79 Å². The Kier molecular flexibility index (Phi) is 6.61. The number of anilines is 1.